The molecule has 0 aromatic heterocycles. The summed E-state index contributed by atoms with van der Waals surface area (Å²) in [5, 5.41) is 3.43. The second-order valence-corrected chi connectivity index (χ2v) is 5.33. The topological polar surface area (TPSA) is 21.3 Å². The van der Waals surface area contributed by atoms with Crippen LogP contribution in [0.1, 0.15) is 24.0 Å². The first kappa shape index (κ1) is 14.0. The van der Waals surface area contributed by atoms with Crippen molar-refractivity contribution in [1.82, 2.24) is 5.32 Å². The molecule has 1 fully saturated rings. The maximum Gasteiger partial charge on any atom is 0.130 e. The third-order valence-electron chi connectivity index (χ3n) is 3.47. The van der Waals surface area contributed by atoms with E-state index in [2.05, 4.69) is 5.32 Å². The minimum atomic E-state index is -0.461. The Labute approximate surface area is 122 Å². The predicted molar refractivity (Wildman–Crippen MR) is 77.0 cm³/mol. The molecular weight excluding hydrogens is 272 g/mol. The van der Waals surface area contributed by atoms with Gasteiger partial charge in [0.25, 0.3) is 0 Å². The fourth-order valence-corrected chi connectivity index (χ4v) is 2.11. The Morgan fingerprint density at radius 3 is 2.76 bits per heavy atom. The number of hydrogen-bond donors (Lipinski definition) is 1. The van der Waals surface area contributed by atoms with Gasteiger partial charge in [0.2, 0.25) is 0 Å². The second kappa shape index (κ2) is 6.22. The van der Waals surface area contributed by atoms with Gasteiger partial charge in [-0.1, -0.05) is 12.1 Å². The molecule has 1 aliphatic rings. The van der Waals surface area contributed by atoms with Crippen molar-refractivity contribution in [2.75, 3.05) is 0 Å². The maximum atomic E-state index is 13.5. The van der Waals surface area contributed by atoms with Gasteiger partial charge >= 0.3 is 0 Å². The third-order valence-corrected chi connectivity index (χ3v) is 3.47. The maximum absolute atomic E-state index is 13.5. The van der Waals surface area contributed by atoms with Crippen LogP contribution in [0.5, 0.6) is 5.75 Å². The molecule has 0 radical (unpaired) electrons. The van der Waals surface area contributed by atoms with E-state index in [1.165, 1.54) is 12.8 Å². The zero-order valence-electron chi connectivity index (χ0n) is 11.6. The highest BCUT2D eigenvalue weighted by atomic mass is 19.1. The van der Waals surface area contributed by atoms with Gasteiger partial charge in [0, 0.05) is 18.2 Å². The van der Waals surface area contributed by atoms with Crippen molar-refractivity contribution in [3.05, 3.63) is 65.2 Å². The Morgan fingerprint density at radius 1 is 1.10 bits per heavy atom. The lowest BCUT2D eigenvalue weighted by Crippen LogP contribution is -2.15. The minimum Gasteiger partial charge on any atom is -0.489 e. The van der Waals surface area contributed by atoms with Crippen LogP contribution in [0.2, 0.25) is 0 Å². The zero-order valence-corrected chi connectivity index (χ0v) is 11.6. The second-order valence-electron chi connectivity index (χ2n) is 5.33. The molecule has 21 heavy (non-hydrogen) atoms. The summed E-state index contributed by atoms with van der Waals surface area (Å²) in [6, 6.07) is 11.7. The van der Waals surface area contributed by atoms with Crippen molar-refractivity contribution in [1.29, 1.82) is 0 Å². The van der Waals surface area contributed by atoms with E-state index in [-0.39, 0.29) is 12.2 Å². The van der Waals surface area contributed by atoms with Crippen molar-refractivity contribution < 1.29 is 13.5 Å². The van der Waals surface area contributed by atoms with Crippen LogP contribution in [-0.4, -0.2) is 6.04 Å². The van der Waals surface area contributed by atoms with Gasteiger partial charge in [-0.05, 0) is 48.7 Å². The Morgan fingerprint density at radius 2 is 1.95 bits per heavy atom. The predicted octanol–water partition coefficient (Wildman–Crippen LogP) is 3.80. The molecular formula is C17H17F2NO. The Bertz CT molecular complexity index is 626. The van der Waals surface area contributed by atoms with Gasteiger partial charge in [-0.3, -0.25) is 0 Å². The summed E-state index contributed by atoms with van der Waals surface area (Å²) in [6.07, 6.45) is 2.49. The van der Waals surface area contributed by atoms with E-state index < -0.39 is 11.6 Å². The van der Waals surface area contributed by atoms with E-state index in [0.29, 0.717) is 11.8 Å². The standard InChI is InChI=1S/C17H17F2NO/c18-14-4-7-17(19)13(9-14)11-21-16-3-1-2-12(8-16)10-20-15-5-6-15/h1-4,7-9,15,20H,5-6,10-11H2. The molecule has 0 atom stereocenters. The lowest BCUT2D eigenvalue weighted by atomic mass is 10.2. The van der Waals surface area contributed by atoms with E-state index in [9.17, 15) is 8.78 Å². The highest BCUT2D eigenvalue weighted by Gasteiger charge is 2.19. The fourth-order valence-electron chi connectivity index (χ4n) is 2.11. The van der Waals surface area contributed by atoms with E-state index in [1.807, 2.05) is 24.3 Å². The van der Waals surface area contributed by atoms with Gasteiger partial charge in [-0.2, -0.15) is 0 Å². The molecule has 3 rings (SSSR count). The molecule has 0 spiro atoms. The summed E-state index contributed by atoms with van der Waals surface area (Å²) in [5.41, 5.74) is 1.34. The van der Waals surface area contributed by atoms with Crippen LogP contribution in [0.4, 0.5) is 8.78 Å². The van der Waals surface area contributed by atoms with E-state index in [4.69, 9.17) is 4.74 Å². The van der Waals surface area contributed by atoms with Crippen LogP contribution in [-0.2, 0) is 13.2 Å². The minimum absolute atomic E-state index is 0.0170. The van der Waals surface area contributed by atoms with Gasteiger partial charge < -0.3 is 10.1 Å². The largest absolute Gasteiger partial charge is 0.489 e. The average molecular weight is 289 g/mol. The van der Waals surface area contributed by atoms with Crippen molar-refractivity contribution in [2.24, 2.45) is 0 Å². The average Bonchev–Trinajstić information content (AvgIpc) is 3.31. The lowest BCUT2D eigenvalue weighted by molar-refractivity contribution is 0.298. The molecule has 4 heteroatoms. The van der Waals surface area contributed by atoms with Crippen LogP contribution >= 0.6 is 0 Å². The highest BCUT2D eigenvalue weighted by Crippen LogP contribution is 2.21. The number of ether oxygens (including phenoxy) is 1. The van der Waals surface area contributed by atoms with Crippen LogP contribution < -0.4 is 10.1 Å². The smallest absolute Gasteiger partial charge is 0.130 e. The molecule has 0 amide bonds. The first-order valence-electron chi connectivity index (χ1n) is 7.10. The molecule has 2 aromatic carbocycles. The number of hydrogen-bond acceptors (Lipinski definition) is 2. The molecule has 0 saturated heterocycles. The van der Waals surface area contributed by atoms with Gasteiger partial charge in [0.1, 0.15) is 24.0 Å². The van der Waals surface area contributed by atoms with Crippen LogP contribution in [0.25, 0.3) is 0 Å². The molecule has 110 valence electrons. The monoisotopic (exact) mass is 289 g/mol. The first-order valence-corrected chi connectivity index (χ1v) is 7.10. The number of halogens is 2. The number of rotatable bonds is 6. The summed E-state index contributed by atoms with van der Waals surface area (Å²) in [7, 11) is 0. The summed E-state index contributed by atoms with van der Waals surface area (Å²) >= 11 is 0. The third kappa shape index (κ3) is 4.02. The van der Waals surface area contributed by atoms with Crippen LogP contribution in [0, 0.1) is 11.6 Å². The normalized spacial score (nSPS) is 14.2. The number of nitrogens with one attached hydrogen (secondary N) is 1. The number of benzene rings is 2. The van der Waals surface area contributed by atoms with E-state index in [1.54, 1.807) is 0 Å². The molecule has 2 nitrogen and oxygen atoms in total. The van der Waals surface area contributed by atoms with Crippen molar-refractivity contribution in [3.8, 4) is 5.75 Å². The van der Waals surface area contributed by atoms with Crippen LogP contribution in [0.15, 0.2) is 42.5 Å². The van der Waals surface area contributed by atoms with Gasteiger partial charge in [-0.15, -0.1) is 0 Å². The first-order chi connectivity index (χ1) is 10.2. The fraction of sp³-hybridized carbons (Fsp3) is 0.294. The molecule has 0 heterocycles. The van der Waals surface area contributed by atoms with Gasteiger partial charge in [0.15, 0.2) is 0 Å². The summed E-state index contributed by atoms with van der Waals surface area (Å²) in [5.74, 6) is -0.255. The van der Waals surface area contributed by atoms with E-state index in [0.717, 1.165) is 30.3 Å². The summed E-state index contributed by atoms with van der Waals surface area (Å²) < 4.78 is 32.2. The van der Waals surface area contributed by atoms with Gasteiger partial charge in [0.05, 0.1) is 0 Å². The molecule has 2 aromatic rings. The quantitative estimate of drug-likeness (QED) is 0.873. The lowest BCUT2D eigenvalue weighted by Gasteiger charge is -2.09. The molecule has 0 bridgehead atoms. The summed E-state index contributed by atoms with van der Waals surface area (Å²) in [6.45, 7) is 0.819. The molecule has 1 N–H and O–H groups in total. The molecule has 0 unspecified atom stereocenters. The highest BCUT2D eigenvalue weighted by molar-refractivity contribution is 5.29. The SMILES string of the molecule is Fc1ccc(F)c(COc2cccc(CNC3CC3)c2)c1. The van der Waals surface area contributed by atoms with E-state index >= 15 is 0 Å². The Balaban J connectivity index is 1.61. The summed E-state index contributed by atoms with van der Waals surface area (Å²) in [4.78, 5) is 0. The van der Waals surface area contributed by atoms with Gasteiger partial charge in [-0.25, -0.2) is 8.78 Å². The molecule has 1 aliphatic carbocycles. The Kier molecular flexibility index (Phi) is 4.15. The Hall–Kier alpha value is -1.94. The molecule has 0 aliphatic heterocycles. The molecule has 1 saturated carbocycles. The van der Waals surface area contributed by atoms with Crippen molar-refractivity contribution in [3.63, 3.8) is 0 Å². The van der Waals surface area contributed by atoms with Crippen molar-refractivity contribution in [2.45, 2.75) is 32.0 Å². The van der Waals surface area contributed by atoms with Crippen molar-refractivity contribution >= 4 is 0 Å². The van der Waals surface area contributed by atoms with Crippen LogP contribution in [0.3, 0.4) is 0 Å². The zero-order chi connectivity index (χ0) is 14.7.